The molecule has 0 radical (unpaired) electrons. The van der Waals surface area contributed by atoms with Crippen LogP contribution in [0, 0.1) is 0 Å². The molecular weight excluding hydrogens is 641 g/mol. The number of benzene rings is 4. The number of aliphatic hydroxyl groups is 1. The predicted octanol–water partition coefficient (Wildman–Crippen LogP) is 5.70. The third-order valence-electron chi connectivity index (χ3n) is 8.83. The van der Waals surface area contributed by atoms with E-state index in [9.17, 15) is 9.90 Å². The third-order valence-corrected chi connectivity index (χ3v) is 8.83. The lowest BCUT2D eigenvalue weighted by atomic mass is 9.80. The molecule has 6 aromatic rings. The number of hydrogen-bond donors (Lipinski definition) is 2. The number of halogens is 1. The fourth-order valence-corrected chi connectivity index (χ4v) is 6.25. The van der Waals surface area contributed by atoms with Gasteiger partial charge in [-0.25, -0.2) is 19.3 Å². The summed E-state index contributed by atoms with van der Waals surface area (Å²) in [6.07, 6.45) is -3.16. The summed E-state index contributed by atoms with van der Waals surface area (Å²) >= 11 is 0. The lowest BCUT2D eigenvalue weighted by molar-refractivity contribution is -0.0935. The number of nitrogens with one attached hydrogen (secondary N) is 1. The minimum atomic E-state index is -1.86. The maximum absolute atomic E-state index is 16.0. The number of imidazole rings is 1. The van der Waals surface area contributed by atoms with Crippen molar-refractivity contribution < 1.29 is 33.2 Å². The first-order valence-electron chi connectivity index (χ1n) is 15.9. The van der Waals surface area contributed by atoms with Crippen LogP contribution in [0.1, 0.15) is 33.3 Å². The largest absolute Gasteiger partial charge is 0.497 e. The Labute approximate surface area is 287 Å². The van der Waals surface area contributed by atoms with Crippen molar-refractivity contribution in [3.05, 3.63) is 144 Å². The molecule has 11 nitrogen and oxygen atoms in total. The number of alkyl halides is 1. The SMILES string of the molecule is COc1ccc(C(OCC2OC(n3cnc4c(NC(=O)c5ccccc5)ncnc43)C(F)C2O)(c2ccccc2)c2ccc(OC)cc2)cc1. The van der Waals surface area contributed by atoms with E-state index in [1.54, 1.807) is 38.5 Å². The molecule has 2 N–H and O–H groups in total. The summed E-state index contributed by atoms with van der Waals surface area (Å²) in [5.41, 5.74) is 2.05. The Morgan fingerprint density at radius 3 is 2.02 bits per heavy atom. The number of hydrogen-bond acceptors (Lipinski definition) is 9. The van der Waals surface area contributed by atoms with Crippen molar-refractivity contribution in [2.24, 2.45) is 0 Å². The average molecular weight is 676 g/mol. The molecule has 1 aliphatic heterocycles. The number of aliphatic hydroxyl groups excluding tert-OH is 1. The number of carbonyl (C=O) groups excluding carboxylic acids is 1. The Morgan fingerprint density at radius 2 is 1.42 bits per heavy atom. The van der Waals surface area contributed by atoms with Crippen LogP contribution in [0.25, 0.3) is 11.2 Å². The Balaban J connectivity index is 1.20. The van der Waals surface area contributed by atoms with E-state index in [4.69, 9.17) is 18.9 Å². The van der Waals surface area contributed by atoms with Crippen LogP contribution in [-0.2, 0) is 15.1 Å². The molecule has 4 unspecified atom stereocenters. The normalized spacial score (nSPS) is 19.0. The van der Waals surface area contributed by atoms with Gasteiger partial charge in [-0.1, -0.05) is 72.8 Å². The molecule has 2 aromatic heterocycles. The molecule has 7 rings (SSSR count). The standard InChI is InChI=1S/C38H34FN5O6/c1-47-28-17-13-26(14-18-28)38(25-11-7-4-8-12-25,27-15-19-29(48-2)20-16-27)49-21-30-33(45)31(39)37(50-30)44-23-42-32-34(40-22-41-35(32)44)43-36(46)24-9-5-3-6-10-24/h3-20,22-23,30-31,33,37,45H,21H2,1-2H3,(H,40,41,43,46). The Kier molecular flexibility index (Phi) is 9.22. The number of amides is 1. The van der Waals surface area contributed by atoms with E-state index in [2.05, 4.69) is 20.3 Å². The number of carbonyl (C=O) groups is 1. The fraction of sp³-hybridized carbons (Fsp3) is 0.211. The zero-order chi connectivity index (χ0) is 34.7. The number of ether oxygens (including phenoxy) is 4. The van der Waals surface area contributed by atoms with Gasteiger partial charge in [-0.05, 0) is 53.1 Å². The van der Waals surface area contributed by atoms with Crippen LogP contribution in [0.2, 0.25) is 0 Å². The quantitative estimate of drug-likeness (QED) is 0.166. The zero-order valence-corrected chi connectivity index (χ0v) is 27.2. The second-order valence-electron chi connectivity index (χ2n) is 11.7. The highest BCUT2D eigenvalue weighted by Crippen LogP contribution is 2.43. The van der Waals surface area contributed by atoms with Crippen LogP contribution in [0.5, 0.6) is 11.5 Å². The summed E-state index contributed by atoms with van der Waals surface area (Å²) in [7, 11) is 3.19. The Bertz CT molecular complexity index is 2010. The number of fused-ring (bicyclic) bond motifs is 1. The van der Waals surface area contributed by atoms with Gasteiger partial charge in [-0.3, -0.25) is 9.36 Å². The number of nitrogens with zero attached hydrogens (tertiary/aromatic N) is 4. The van der Waals surface area contributed by atoms with E-state index in [1.807, 2.05) is 84.9 Å². The zero-order valence-electron chi connectivity index (χ0n) is 27.2. The van der Waals surface area contributed by atoms with Gasteiger partial charge in [0.05, 0.1) is 27.2 Å². The predicted molar refractivity (Wildman–Crippen MR) is 183 cm³/mol. The molecule has 4 aromatic carbocycles. The summed E-state index contributed by atoms with van der Waals surface area (Å²) in [5.74, 6) is 1.11. The molecule has 1 amide bonds. The van der Waals surface area contributed by atoms with Crippen molar-refractivity contribution in [2.75, 3.05) is 26.1 Å². The van der Waals surface area contributed by atoms with Crippen molar-refractivity contribution in [1.82, 2.24) is 19.5 Å². The highest BCUT2D eigenvalue weighted by Gasteiger charge is 2.48. The van der Waals surface area contributed by atoms with E-state index >= 15 is 4.39 Å². The van der Waals surface area contributed by atoms with Gasteiger partial charge in [-0.15, -0.1) is 0 Å². The molecule has 12 heteroatoms. The molecule has 4 atom stereocenters. The van der Waals surface area contributed by atoms with Gasteiger partial charge in [-0.2, -0.15) is 0 Å². The van der Waals surface area contributed by atoms with Crippen LogP contribution in [-0.4, -0.2) is 69.7 Å². The first-order chi connectivity index (χ1) is 24.4. The molecule has 3 heterocycles. The molecule has 0 spiro atoms. The topological polar surface area (TPSA) is 130 Å². The summed E-state index contributed by atoms with van der Waals surface area (Å²) in [6.45, 7) is -0.189. The van der Waals surface area contributed by atoms with Gasteiger partial charge in [0.15, 0.2) is 29.4 Å². The van der Waals surface area contributed by atoms with Crippen LogP contribution in [0.3, 0.4) is 0 Å². The second-order valence-corrected chi connectivity index (χ2v) is 11.7. The maximum Gasteiger partial charge on any atom is 0.256 e. The first-order valence-corrected chi connectivity index (χ1v) is 15.9. The minimum absolute atomic E-state index is 0.156. The van der Waals surface area contributed by atoms with Gasteiger partial charge in [0.25, 0.3) is 5.91 Å². The summed E-state index contributed by atoms with van der Waals surface area (Å²) in [5, 5.41) is 14.0. The van der Waals surface area contributed by atoms with Gasteiger partial charge in [0.2, 0.25) is 0 Å². The second kappa shape index (κ2) is 14.0. The van der Waals surface area contributed by atoms with Crippen molar-refractivity contribution in [1.29, 1.82) is 0 Å². The molecule has 1 saturated heterocycles. The van der Waals surface area contributed by atoms with Crippen molar-refractivity contribution in [3.63, 3.8) is 0 Å². The van der Waals surface area contributed by atoms with Crippen molar-refractivity contribution >= 4 is 22.9 Å². The maximum atomic E-state index is 16.0. The van der Waals surface area contributed by atoms with Crippen LogP contribution >= 0.6 is 0 Å². The molecular formula is C38H34FN5O6. The van der Waals surface area contributed by atoms with Crippen LogP contribution in [0.4, 0.5) is 10.2 Å². The lowest BCUT2D eigenvalue weighted by Gasteiger charge is -2.37. The average Bonchev–Trinajstić information content (AvgIpc) is 3.73. The lowest BCUT2D eigenvalue weighted by Crippen LogP contribution is -2.39. The van der Waals surface area contributed by atoms with Gasteiger partial charge >= 0.3 is 0 Å². The number of anilines is 1. The third kappa shape index (κ3) is 6.04. The Hall–Kier alpha value is -5.69. The molecule has 254 valence electrons. The number of methoxy groups -OCH3 is 2. The fourth-order valence-electron chi connectivity index (χ4n) is 6.25. The highest BCUT2D eigenvalue weighted by molar-refractivity contribution is 6.06. The molecule has 1 fully saturated rings. The van der Waals surface area contributed by atoms with E-state index in [1.165, 1.54) is 17.2 Å². The molecule has 50 heavy (non-hydrogen) atoms. The smallest absolute Gasteiger partial charge is 0.256 e. The molecule has 1 aliphatic rings. The van der Waals surface area contributed by atoms with Gasteiger partial charge in [0.1, 0.15) is 35.6 Å². The Morgan fingerprint density at radius 1 is 0.840 bits per heavy atom. The van der Waals surface area contributed by atoms with E-state index in [-0.39, 0.29) is 29.5 Å². The molecule has 0 bridgehead atoms. The molecule has 0 aliphatic carbocycles. The number of aromatic nitrogens is 4. The van der Waals surface area contributed by atoms with Crippen LogP contribution < -0.4 is 14.8 Å². The molecule has 0 saturated carbocycles. The first kappa shape index (κ1) is 32.8. The van der Waals surface area contributed by atoms with Gasteiger partial charge in [0, 0.05) is 5.56 Å². The summed E-state index contributed by atoms with van der Waals surface area (Å²) < 4.78 is 41.3. The van der Waals surface area contributed by atoms with Crippen molar-refractivity contribution in [2.45, 2.75) is 30.2 Å². The van der Waals surface area contributed by atoms with Gasteiger partial charge < -0.3 is 29.4 Å². The monoisotopic (exact) mass is 675 g/mol. The number of rotatable bonds is 11. The van der Waals surface area contributed by atoms with E-state index in [0.717, 1.165) is 16.7 Å². The minimum Gasteiger partial charge on any atom is -0.497 e. The van der Waals surface area contributed by atoms with Crippen LogP contribution in [0.15, 0.2) is 122 Å². The van der Waals surface area contributed by atoms with Crippen molar-refractivity contribution in [3.8, 4) is 11.5 Å². The van der Waals surface area contributed by atoms with E-state index in [0.29, 0.717) is 17.1 Å². The highest BCUT2D eigenvalue weighted by atomic mass is 19.1. The summed E-state index contributed by atoms with van der Waals surface area (Å²) in [4.78, 5) is 25.7. The van der Waals surface area contributed by atoms with E-state index < -0.39 is 30.2 Å². The summed E-state index contributed by atoms with van der Waals surface area (Å²) in [6, 6.07) is 33.3.